The van der Waals surface area contributed by atoms with E-state index >= 15 is 0 Å². The molecule has 1 aromatic carbocycles. The van der Waals surface area contributed by atoms with Crippen LogP contribution in [0, 0.1) is 6.92 Å². The van der Waals surface area contributed by atoms with E-state index in [4.69, 9.17) is 28.9 Å². The number of aryl methyl sites for hydroxylation is 1. The zero-order valence-electron chi connectivity index (χ0n) is 10.9. The summed E-state index contributed by atoms with van der Waals surface area (Å²) in [4.78, 5) is 1.05. The number of benzene rings is 1. The molecule has 0 spiro atoms. The molecule has 21 heavy (non-hydrogen) atoms. The predicted octanol–water partition coefficient (Wildman–Crippen LogP) is 5.77. The van der Waals surface area contributed by atoms with E-state index in [0.29, 0.717) is 15.9 Å². The van der Waals surface area contributed by atoms with Crippen LogP contribution in [0.25, 0.3) is 21.7 Å². The fourth-order valence-corrected chi connectivity index (χ4v) is 4.12. The number of aromatic nitrogens is 2. The molecule has 7 heteroatoms. The van der Waals surface area contributed by atoms with Crippen molar-refractivity contribution in [3.8, 4) is 21.7 Å². The average molecular weight is 403 g/mol. The fourth-order valence-electron chi connectivity index (χ4n) is 2.08. The lowest BCUT2D eigenvalue weighted by molar-refractivity contribution is 1.11. The van der Waals surface area contributed by atoms with Gasteiger partial charge in [-0.25, -0.2) is 0 Å². The Morgan fingerprint density at radius 3 is 2.67 bits per heavy atom. The van der Waals surface area contributed by atoms with Gasteiger partial charge in [-0.3, -0.25) is 5.10 Å². The molecule has 0 bridgehead atoms. The highest BCUT2D eigenvalue weighted by Crippen LogP contribution is 2.43. The molecule has 0 fully saturated rings. The number of nitrogens with one attached hydrogen (secondary N) is 1. The highest BCUT2D eigenvalue weighted by Gasteiger charge is 2.19. The maximum atomic E-state index is 6.30. The van der Waals surface area contributed by atoms with Crippen molar-refractivity contribution >= 4 is 56.3 Å². The van der Waals surface area contributed by atoms with Crippen LogP contribution in [0.4, 0.5) is 5.82 Å². The van der Waals surface area contributed by atoms with Crippen LogP contribution in [0.2, 0.25) is 10.0 Å². The molecule has 3 aromatic rings. The van der Waals surface area contributed by atoms with Crippen LogP contribution < -0.4 is 5.73 Å². The molecular formula is C14H10BrCl2N3S. The normalized spacial score (nSPS) is 11.0. The monoisotopic (exact) mass is 401 g/mol. The van der Waals surface area contributed by atoms with E-state index in [0.717, 1.165) is 31.0 Å². The predicted molar refractivity (Wildman–Crippen MR) is 94.2 cm³/mol. The lowest BCUT2D eigenvalue weighted by Crippen LogP contribution is -1.89. The smallest absolute Gasteiger partial charge is 0.153 e. The van der Waals surface area contributed by atoms with Crippen LogP contribution in [-0.2, 0) is 0 Å². The average Bonchev–Trinajstić information content (AvgIpc) is 2.94. The van der Waals surface area contributed by atoms with Gasteiger partial charge in [-0.15, -0.1) is 11.3 Å². The summed E-state index contributed by atoms with van der Waals surface area (Å²) in [5, 5.41) is 8.25. The third-order valence-electron chi connectivity index (χ3n) is 3.10. The van der Waals surface area contributed by atoms with Crippen molar-refractivity contribution in [2.75, 3.05) is 5.73 Å². The second-order valence-corrected chi connectivity index (χ2v) is 7.76. The Kier molecular flexibility index (Phi) is 4.01. The first-order valence-electron chi connectivity index (χ1n) is 6.03. The molecule has 3 N–H and O–H groups in total. The maximum Gasteiger partial charge on any atom is 0.153 e. The van der Waals surface area contributed by atoms with Gasteiger partial charge in [-0.05, 0) is 46.6 Å². The molecule has 2 heterocycles. The topological polar surface area (TPSA) is 54.7 Å². The van der Waals surface area contributed by atoms with Gasteiger partial charge < -0.3 is 5.73 Å². The second kappa shape index (κ2) is 5.65. The zero-order chi connectivity index (χ0) is 15.1. The van der Waals surface area contributed by atoms with Gasteiger partial charge in [0.15, 0.2) is 5.82 Å². The Morgan fingerprint density at radius 2 is 2.05 bits per heavy atom. The Balaban J connectivity index is 2.21. The summed E-state index contributed by atoms with van der Waals surface area (Å²) in [5.74, 6) is 0.413. The van der Waals surface area contributed by atoms with Crippen molar-refractivity contribution in [2.24, 2.45) is 0 Å². The molecule has 0 aliphatic heterocycles. The highest BCUT2D eigenvalue weighted by atomic mass is 79.9. The van der Waals surface area contributed by atoms with Gasteiger partial charge in [0.2, 0.25) is 0 Å². The van der Waals surface area contributed by atoms with Gasteiger partial charge in [0.1, 0.15) is 0 Å². The van der Waals surface area contributed by atoms with E-state index in [1.807, 2.05) is 13.0 Å². The van der Waals surface area contributed by atoms with Crippen molar-refractivity contribution in [1.82, 2.24) is 10.2 Å². The minimum absolute atomic E-state index is 0.413. The summed E-state index contributed by atoms with van der Waals surface area (Å²) in [5.41, 5.74) is 9.65. The number of halogens is 3. The summed E-state index contributed by atoms with van der Waals surface area (Å²) in [6.07, 6.45) is 0. The molecule has 0 aliphatic rings. The Hall–Kier alpha value is -1.01. The van der Waals surface area contributed by atoms with Crippen LogP contribution in [0.3, 0.4) is 0 Å². The van der Waals surface area contributed by atoms with E-state index < -0.39 is 0 Å². The highest BCUT2D eigenvalue weighted by molar-refractivity contribution is 9.11. The van der Waals surface area contributed by atoms with Crippen LogP contribution >= 0.6 is 50.5 Å². The van der Waals surface area contributed by atoms with Crippen LogP contribution in [0.15, 0.2) is 28.1 Å². The third-order valence-corrected chi connectivity index (χ3v) is 5.80. The van der Waals surface area contributed by atoms with Crippen LogP contribution in [-0.4, -0.2) is 10.2 Å². The standard InChI is InChI=1S/C14H10BrCl2N3S/c1-6-4-10(21-13(6)15)12-11(14(18)20-19-12)8-3-2-7(16)5-9(8)17/h2-5H,1H3,(H3,18,19,20). The molecule has 0 radical (unpaired) electrons. The van der Waals surface area contributed by atoms with Gasteiger partial charge in [0.05, 0.1) is 24.9 Å². The Morgan fingerprint density at radius 1 is 1.29 bits per heavy atom. The molecule has 108 valence electrons. The number of thiophene rings is 1. The first-order chi connectivity index (χ1) is 9.97. The van der Waals surface area contributed by atoms with Crippen molar-refractivity contribution in [1.29, 1.82) is 0 Å². The van der Waals surface area contributed by atoms with Gasteiger partial charge in [-0.2, -0.15) is 5.10 Å². The summed E-state index contributed by atoms with van der Waals surface area (Å²) < 4.78 is 1.08. The largest absolute Gasteiger partial charge is 0.382 e. The van der Waals surface area contributed by atoms with E-state index in [1.165, 1.54) is 0 Å². The van der Waals surface area contributed by atoms with E-state index in [1.54, 1.807) is 23.5 Å². The lowest BCUT2D eigenvalue weighted by Gasteiger charge is -2.06. The van der Waals surface area contributed by atoms with Gasteiger partial charge in [0.25, 0.3) is 0 Å². The first-order valence-corrected chi connectivity index (χ1v) is 8.39. The van der Waals surface area contributed by atoms with E-state index in [9.17, 15) is 0 Å². The van der Waals surface area contributed by atoms with Crippen molar-refractivity contribution < 1.29 is 0 Å². The molecule has 0 saturated heterocycles. The maximum absolute atomic E-state index is 6.30. The molecular weight excluding hydrogens is 393 g/mol. The lowest BCUT2D eigenvalue weighted by atomic mass is 10.0. The number of nitrogen functional groups attached to an aromatic ring is 1. The summed E-state index contributed by atoms with van der Waals surface area (Å²) in [6.45, 7) is 2.04. The van der Waals surface area contributed by atoms with Gasteiger partial charge in [-0.1, -0.05) is 29.3 Å². The van der Waals surface area contributed by atoms with E-state index in [-0.39, 0.29) is 0 Å². The number of H-pyrrole nitrogens is 1. The second-order valence-electron chi connectivity index (χ2n) is 4.55. The van der Waals surface area contributed by atoms with Crippen molar-refractivity contribution in [3.63, 3.8) is 0 Å². The fraction of sp³-hybridized carbons (Fsp3) is 0.0714. The molecule has 0 unspecified atom stereocenters. The quantitative estimate of drug-likeness (QED) is 0.571. The Labute approximate surface area is 144 Å². The van der Waals surface area contributed by atoms with Crippen molar-refractivity contribution in [3.05, 3.63) is 43.7 Å². The molecule has 3 rings (SSSR count). The molecule has 0 saturated carbocycles. The molecule has 2 aromatic heterocycles. The Bertz CT molecular complexity index is 806. The van der Waals surface area contributed by atoms with E-state index in [2.05, 4.69) is 32.2 Å². The molecule has 0 atom stereocenters. The van der Waals surface area contributed by atoms with Crippen molar-refractivity contribution in [2.45, 2.75) is 6.92 Å². The van der Waals surface area contributed by atoms with Gasteiger partial charge in [0, 0.05) is 10.6 Å². The SMILES string of the molecule is Cc1cc(-c2[nH]nc(N)c2-c2ccc(Cl)cc2Cl)sc1Br. The number of aromatic amines is 1. The molecule has 0 amide bonds. The third kappa shape index (κ3) is 2.71. The minimum Gasteiger partial charge on any atom is -0.382 e. The summed E-state index contributed by atoms with van der Waals surface area (Å²) >= 11 is 17.4. The molecule has 3 nitrogen and oxygen atoms in total. The summed E-state index contributed by atoms with van der Waals surface area (Å²) in [7, 11) is 0. The zero-order valence-corrected chi connectivity index (χ0v) is 14.8. The summed E-state index contributed by atoms with van der Waals surface area (Å²) in [6, 6.07) is 7.42. The number of nitrogens with zero attached hydrogens (tertiary/aromatic N) is 1. The molecule has 0 aliphatic carbocycles. The number of hydrogen-bond donors (Lipinski definition) is 2. The minimum atomic E-state index is 0.413. The number of nitrogens with two attached hydrogens (primary N) is 1. The van der Waals surface area contributed by atoms with Crippen LogP contribution in [0.1, 0.15) is 5.56 Å². The van der Waals surface area contributed by atoms with Gasteiger partial charge >= 0.3 is 0 Å². The van der Waals surface area contributed by atoms with Crippen LogP contribution in [0.5, 0.6) is 0 Å². The number of rotatable bonds is 2. The number of hydrogen-bond acceptors (Lipinski definition) is 3. The number of anilines is 1. The first kappa shape index (κ1) is 14.9.